The van der Waals surface area contributed by atoms with Crippen molar-refractivity contribution in [3.63, 3.8) is 0 Å². The van der Waals surface area contributed by atoms with Gasteiger partial charge >= 0.3 is 0 Å². The minimum Gasteiger partial charge on any atom is -0.488 e. The van der Waals surface area contributed by atoms with Crippen molar-refractivity contribution in [1.29, 1.82) is 0 Å². The maximum absolute atomic E-state index is 12.5. The molecule has 0 bridgehead atoms. The van der Waals surface area contributed by atoms with Crippen LogP contribution >= 0.6 is 15.9 Å². The minimum absolute atomic E-state index is 0.219. The van der Waals surface area contributed by atoms with E-state index in [9.17, 15) is 4.79 Å². The van der Waals surface area contributed by atoms with Gasteiger partial charge in [0.15, 0.2) is 0 Å². The minimum atomic E-state index is -0.219. The van der Waals surface area contributed by atoms with Crippen molar-refractivity contribution in [1.82, 2.24) is 4.98 Å². The Labute approximate surface area is 148 Å². The molecule has 5 heteroatoms. The van der Waals surface area contributed by atoms with Gasteiger partial charge in [0, 0.05) is 28.1 Å². The third-order valence-electron chi connectivity index (χ3n) is 3.41. The van der Waals surface area contributed by atoms with Crippen LogP contribution in [0.3, 0.4) is 0 Å². The number of hydrogen-bond donors (Lipinski definition) is 1. The van der Waals surface area contributed by atoms with Gasteiger partial charge in [-0.05, 0) is 30.3 Å². The number of ether oxygens (including phenoxy) is 1. The van der Waals surface area contributed by atoms with Crippen LogP contribution in [0.25, 0.3) is 0 Å². The molecule has 0 saturated heterocycles. The molecule has 0 aliphatic rings. The molecule has 0 unspecified atom stereocenters. The Morgan fingerprint density at radius 3 is 2.50 bits per heavy atom. The van der Waals surface area contributed by atoms with Crippen LogP contribution in [0.2, 0.25) is 0 Å². The van der Waals surface area contributed by atoms with Crippen molar-refractivity contribution in [3.05, 3.63) is 88.7 Å². The molecule has 0 atom stereocenters. The van der Waals surface area contributed by atoms with Crippen LogP contribution in [0.5, 0.6) is 5.75 Å². The fourth-order valence-corrected chi connectivity index (χ4v) is 2.58. The summed E-state index contributed by atoms with van der Waals surface area (Å²) in [6.45, 7) is 0.376. The Morgan fingerprint density at radius 1 is 1.00 bits per heavy atom. The Balaban J connectivity index is 1.75. The van der Waals surface area contributed by atoms with Gasteiger partial charge in [-0.25, -0.2) is 0 Å². The third-order valence-corrected chi connectivity index (χ3v) is 4.18. The lowest BCUT2D eigenvalue weighted by Gasteiger charge is -2.12. The molecule has 0 aliphatic heterocycles. The molecular weight excluding hydrogens is 368 g/mol. The Kier molecular flexibility index (Phi) is 5.23. The number of nitrogens with zero attached hydrogens (tertiary/aromatic N) is 1. The lowest BCUT2D eigenvalue weighted by molar-refractivity contribution is 0.102. The van der Waals surface area contributed by atoms with Crippen LogP contribution in [-0.4, -0.2) is 10.9 Å². The molecule has 24 heavy (non-hydrogen) atoms. The van der Waals surface area contributed by atoms with Crippen molar-refractivity contribution in [2.24, 2.45) is 0 Å². The van der Waals surface area contributed by atoms with Crippen LogP contribution in [0, 0.1) is 0 Å². The van der Waals surface area contributed by atoms with Gasteiger partial charge in [-0.2, -0.15) is 0 Å². The van der Waals surface area contributed by atoms with E-state index in [0.29, 0.717) is 23.6 Å². The second kappa shape index (κ2) is 7.75. The van der Waals surface area contributed by atoms with Gasteiger partial charge in [-0.3, -0.25) is 9.78 Å². The molecule has 1 N–H and O–H groups in total. The van der Waals surface area contributed by atoms with Crippen molar-refractivity contribution in [2.45, 2.75) is 6.61 Å². The lowest BCUT2D eigenvalue weighted by atomic mass is 10.2. The number of rotatable bonds is 5. The summed E-state index contributed by atoms with van der Waals surface area (Å²) in [5, 5.41) is 2.84. The number of amides is 1. The molecule has 2 aromatic carbocycles. The molecule has 1 aromatic heterocycles. The maximum Gasteiger partial charge on any atom is 0.259 e. The largest absolute Gasteiger partial charge is 0.488 e. The van der Waals surface area contributed by atoms with Crippen LogP contribution in [-0.2, 0) is 6.61 Å². The number of anilines is 1. The van der Waals surface area contributed by atoms with Crippen LogP contribution < -0.4 is 10.1 Å². The van der Waals surface area contributed by atoms with E-state index in [-0.39, 0.29) is 5.91 Å². The first kappa shape index (κ1) is 16.2. The smallest absolute Gasteiger partial charge is 0.259 e. The van der Waals surface area contributed by atoms with E-state index in [2.05, 4.69) is 26.2 Å². The van der Waals surface area contributed by atoms with Gasteiger partial charge in [-0.15, -0.1) is 0 Å². The number of carbonyl (C=O) groups excluding carboxylic acids is 1. The first-order chi connectivity index (χ1) is 11.7. The maximum atomic E-state index is 12.5. The quantitative estimate of drug-likeness (QED) is 0.696. The van der Waals surface area contributed by atoms with Gasteiger partial charge in [0.1, 0.15) is 12.4 Å². The van der Waals surface area contributed by atoms with Crippen molar-refractivity contribution >= 4 is 27.5 Å². The predicted molar refractivity (Wildman–Crippen MR) is 97.1 cm³/mol. The summed E-state index contributed by atoms with van der Waals surface area (Å²) in [4.78, 5) is 16.4. The predicted octanol–water partition coefficient (Wildman–Crippen LogP) is 4.68. The summed E-state index contributed by atoms with van der Waals surface area (Å²) in [7, 11) is 0. The molecule has 0 fully saturated rings. The molecule has 1 heterocycles. The van der Waals surface area contributed by atoms with Crippen molar-refractivity contribution in [3.8, 4) is 5.75 Å². The van der Waals surface area contributed by atoms with Gasteiger partial charge in [-0.1, -0.05) is 46.3 Å². The van der Waals surface area contributed by atoms with E-state index in [1.807, 2.05) is 36.4 Å². The van der Waals surface area contributed by atoms with Crippen LogP contribution in [0.15, 0.2) is 77.5 Å². The zero-order valence-electron chi connectivity index (χ0n) is 12.8. The average molecular weight is 383 g/mol. The molecule has 3 rings (SSSR count). The monoisotopic (exact) mass is 382 g/mol. The van der Waals surface area contributed by atoms with E-state index in [4.69, 9.17) is 4.74 Å². The molecule has 0 saturated carbocycles. The van der Waals surface area contributed by atoms with E-state index >= 15 is 0 Å². The number of benzene rings is 2. The first-order valence-corrected chi connectivity index (χ1v) is 8.20. The Bertz CT molecular complexity index is 838. The summed E-state index contributed by atoms with van der Waals surface area (Å²) >= 11 is 3.50. The number of nitrogens with one attached hydrogen (secondary N) is 1. The van der Waals surface area contributed by atoms with Gasteiger partial charge < -0.3 is 10.1 Å². The average Bonchev–Trinajstić information content (AvgIpc) is 2.62. The SMILES string of the molecule is O=C(Nc1ccncc1)c1ccccc1OCc1ccccc1Br. The van der Waals surface area contributed by atoms with E-state index in [1.165, 1.54) is 0 Å². The Morgan fingerprint density at radius 2 is 1.71 bits per heavy atom. The number of aromatic nitrogens is 1. The van der Waals surface area contributed by atoms with Gasteiger partial charge in [0.2, 0.25) is 0 Å². The highest BCUT2D eigenvalue weighted by molar-refractivity contribution is 9.10. The van der Waals surface area contributed by atoms with Gasteiger partial charge in [0.25, 0.3) is 5.91 Å². The van der Waals surface area contributed by atoms with Crippen molar-refractivity contribution < 1.29 is 9.53 Å². The molecule has 0 aliphatic carbocycles. The van der Waals surface area contributed by atoms with E-state index in [1.54, 1.807) is 36.7 Å². The summed E-state index contributed by atoms with van der Waals surface area (Å²) < 4.78 is 6.84. The second-order valence-corrected chi connectivity index (χ2v) is 5.92. The molecule has 3 aromatic rings. The molecule has 0 radical (unpaired) electrons. The van der Waals surface area contributed by atoms with E-state index < -0.39 is 0 Å². The van der Waals surface area contributed by atoms with Crippen LogP contribution in [0.4, 0.5) is 5.69 Å². The lowest BCUT2D eigenvalue weighted by Crippen LogP contribution is -2.13. The van der Waals surface area contributed by atoms with E-state index in [0.717, 1.165) is 10.0 Å². The normalized spacial score (nSPS) is 10.2. The zero-order chi connectivity index (χ0) is 16.8. The summed E-state index contributed by atoms with van der Waals surface area (Å²) in [6, 6.07) is 18.5. The van der Waals surface area contributed by atoms with Crippen molar-refractivity contribution in [2.75, 3.05) is 5.32 Å². The Hall–Kier alpha value is -2.66. The summed E-state index contributed by atoms with van der Waals surface area (Å²) in [6.07, 6.45) is 3.26. The third kappa shape index (κ3) is 4.00. The number of hydrogen-bond acceptors (Lipinski definition) is 3. The summed E-state index contributed by atoms with van der Waals surface area (Å²) in [5.74, 6) is 0.323. The fourth-order valence-electron chi connectivity index (χ4n) is 2.18. The number of carbonyl (C=O) groups is 1. The standard InChI is InChI=1S/C19H15BrN2O2/c20-17-7-3-1-5-14(17)13-24-18-8-4-2-6-16(18)19(23)22-15-9-11-21-12-10-15/h1-12H,13H2,(H,21,22,23). The molecule has 4 nitrogen and oxygen atoms in total. The number of para-hydroxylation sites is 1. The van der Waals surface area contributed by atoms with Crippen LogP contribution in [0.1, 0.15) is 15.9 Å². The highest BCUT2D eigenvalue weighted by atomic mass is 79.9. The number of halogens is 1. The molecule has 1 amide bonds. The van der Waals surface area contributed by atoms with Gasteiger partial charge in [0.05, 0.1) is 5.56 Å². The second-order valence-electron chi connectivity index (χ2n) is 5.07. The first-order valence-electron chi connectivity index (χ1n) is 7.40. The molecule has 120 valence electrons. The topological polar surface area (TPSA) is 51.2 Å². The zero-order valence-corrected chi connectivity index (χ0v) is 14.4. The highest BCUT2D eigenvalue weighted by Gasteiger charge is 2.13. The molecule has 0 spiro atoms. The number of pyridine rings is 1. The molecular formula is C19H15BrN2O2. The highest BCUT2D eigenvalue weighted by Crippen LogP contribution is 2.23. The summed E-state index contributed by atoms with van der Waals surface area (Å²) in [5.41, 5.74) is 2.19. The fraction of sp³-hybridized carbons (Fsp3) is 0.0526.